The third-order valence-electron chi connectivity index (χ3n) is 3.62. The molecule has 136 valence electrons. The number of carbonyl (C=O) groups excluding carboxylic acids is 2. The van der Waals surface area contributed by atoms with Gasteiger partial charge in [0.2, 0.25) is 6.79 Å². The molecule has 0 aromatic heterocycles. The van der Waals surface area contributed by atoms with Crippen LogP contribution in [0.3, 0.4) is 0 Å². The number of nitrogens with one attached hydrogen (secondary N) is 1. The Morgan fingerprint density at radius 2 is 1.73 bits per heavy atom. The van der Waals surface area contributed by atoms with Crippen molar-refractivity contribution in [1.82, 2.24) is 0 Å². The number of amides is 1. The van der Waals surface area contributed by atoms with E-state index in [-0.39, 0.29) is 12.4 Å². The molecule has 0 atom stereocenters. The van der Waals surface area contributed by atoms with E-state index < -0.39 is 18.5 Å². The summed E-state index contributed by atoms with van der Waals surface area (Å²) in [6.45, 7) is -0.320. The average Bonchev–Trinajstić information content (AvgIpc) is 3.13. The molecule has 0 spiro atoms. The molecule has 1 aliphatic heterocycles. The highest BCUT2D eigenvalue weighted by atomic mass is 16.7. The molecule has 26 heavy (non-hydrogen) atoms. The molecule has 0 aliphatic carbocycles. The highest BCUT2D eigenvalue weighted by molar-refractivity contribution is 5.98. The number of anilines is 1. The van der Waals surface area contributed by atoms with Crippen molar-refractivity contribution in [3.8, 4) is 23.0 Å². The Morgan fingerprint density at radius 3 is 2.42 bits per heavy atom. The quantitative estimate of drug-likeness (QED) is 0.791. The van der Waals surface area contributed by atoms with Gasteiger partial charge in [0, 0.05) is 11.8 Å². The van der Waals surface area contributed by atoms with E-state index >= 15 is 0 Å². The third kappa shape index (κ3) is 3.64. The van der Waals surface area contributed by atoms with E-state index in [1.54, 1.807) is 36.4 Å². The SMILES string of the molecule is COc1cccc(OC)c1C(=O)OCC(=O)Nc1ccc2c(c1)OCO2. The van der Waals surface area contributed by atoms with Crippen LogP contribution in [0.15, 0.2) is 36.4 Å². The van der Waals surface area contributed by atoms with Crippen molar-refractivity contribution >= 4 is 17.6 Å². The lowest BCUT2D eigenvalue weighted by Gasteiger charge is -2.12. The smallest absolute Gasteiger partial charge is 0.346 e. The fourth-order valence-electron chi connectivity index (χ4n) is 2.43. The van der Waals surface area contributed by atoms with E-state index in [1.165, 1.54) is 14.2 Å². The van der Waals surface area contributed by atoms with E-state index in [0.29, 0.717) is 28.7 Å². The van der Waals surface area contributed by atoms with E-state index in [9.17, 15) is 9.59 Å². The fraction of sp³-hybridized carbons (Fsp3) is 0.222. The first kappa shape index (κ1) is 17.4. The third-order valence-corrected chi connectivity index (χ3v) is 3.62. The molecule has 1 N–H and O–H groups in total. The summed E-state index contributed by atoms with van der Waals surface area (Å²) in [5.74, 6) is 0.526. The van der Waals surface area contributed by atoms with Gasteiger partial charge in [-0.25, -0.2) is 4.79 Å². The minimum Gasteiger partial charge on any atom is -0.496 e. The van der Waals surface area contributed by atoms with Gasteiger partial charge in [-0.05, 0) is 24.3 Å². The Morgan fingerprint density at radius 1 is 1.04 bits per heavy atom. The number of esters is 1. The van der Waals surface area contributed by atoms with E-state index in [4.69, 9.17) is 23.7 Å². The van der Waals surface area contributed by atoms with Gasteiger partial charge >= 0.3 is 5.97 Å². The number of ether oxygens (including phenoxy) is 5. The number of hydrogen-bond donors (Lipinski definition) is 1. The van der Waals surface area contributed by atoms with Gasteiger partial charge in [0.05, 0.1) is 14.2 Å². The molecule has 0 saturated carbocycles. The second-order valence-electron chi connectivity index (χ2n) is 5.23. The van der Waals surface area contributed by atoms with Crippen molar-refractivity contribution in [3.63, 3.8) is 0 Å². The molecule has 8 nitrogen and oxygen atoms in total. The first-order chi connectivity index (χ1) is 12.6. The number of hydrogen-bond acceptors (Lipinski definition) is 7. The molecule has 1 amide bonds. The number of carbonyl (C=O) groups is 2. The highest BCUT2D eigenvalue weighted by Crippen LogP contribution is 2.34. The molecule has 8 heteroatoms. The first-order valence-electron chi connectivity index (χ1n) is 7.70. The van der Waals surface area contributed by atoms with Crippen molar-refractivity contribution < 1.29 is 33.3 Å². The number of benzene rings is 2. The zero-order chi connectivity index (χ0) is 18.5. The fourth-order valence-corrected chi connectivity index (χ4v) is 2.43. The molecule has 0 fully saturated rings. The van der Waals surface area contributed by atoms with Crippen LogP contribution in [0.4, 0.5) is 5.69 Å². The summed E-state index contributed by atoms with van der Waals surface area (Å²) >= 11 is 0. The molecule has 0 bridgehead atoms. The van der Waals surface area contributed by atoms with Crippen LogP contribution in [0.1, 0.15) is 10.4 Å². The van der Waals surface area contributed by atoms with Gasteiger partial charge in [0.1, 0.15) is 17.1 Å². The molecule has 0 saturated heterocycles. The lowest BCUT2D eigenvalue weighted by Crippen LogP contribution is -2.21. The van der Waals surface area contributed by atoms with Crippen molar-refractivity contribution in [2.45, 2.75) is 0 Å². The van der Waals surface area contributed by atoms with Crippen LogP contribution in [-0.2, 0) is 9.53 Å². The first-order valence-corrected chi connectivity index (χ1v) is 7.70. The largest absolute Gasteiger partial charge is 0.496 e. The summed E-state index contributed by atoms with van der Waals surface area (Å²) in [5.41, 5.74) is 0.624. The van der Waals surface area contributed by atoms with Crippen LogP contribution in [-0.4, -0.2) is 39.5 Å². The van der Waals surface area contributed by atoms with Gasteiger partial charge in [-0.3, -0.25) is 4.79 Å². The Kier molecular flexibility index (Phi) is 5.12. The summed E-state index contributed by atoms with van der Waals surface area (Å²) < 4.78 is 25.8. The van der Waals surface area contributed by atoms with E-state index in [1.807, 2.05) is 0 Å². The van der Waals surface area contributed by atoms with Gasteiger partial charge < -0.3 is 29.0 Å². The maximum absolute atomic E-state index is 12.3. The summed E-state index contributed by atoms with van der Waals surface area (Å²) in [5, 5.41) is 2.62. The van der Waals surface area contributed by atoms with Crippen LogP contribution in [0.5, 0.6) is 23.0 Å². The van der Waals surface area contributed by atoms with Gasteiger partial charge in [0.15, 0.2) is 18.1 Å². The minimum absolute atomic E-state index is 0.119. The molecule has 2 aromatic carbocycles. The van der Waals surface area contributed by atoms with Gasteiger partial charge in [0.25, 0.3) is 5.91 Å². The zero-order valence-corrected chi connectivity index (χ0v) is 14.2. The lowest BCUT2D eigenvalue weighted by atomic mass is 10.2. The topological polar surface area (TPSA) is 92.3 Å². The minimum atomic E-state index is -0.722. The number of methoxy groups -OCH3 is 2. The molecule has 0 radical (unpaired) electrons. The van der Waals surface area contributed by atoms with Crippen LogP contribution >= 0.6 is 0 Å². The Labute approximate surface area is 149 Å². The van der Waals surface area contributed by atoms with Crippen molar-refractivity contribution in [2.24, 2.45) is 0 Å². The van der Waals surface area contributed by atoms with Crippen LogP contribution in [0.25, 0.3) is 0 Å². The summed E-state index contributed by atoms with van der Waals surface area (Å²) in [7, 11) is 2.86. The molecular weight excluding hydrogens is 342 g/mol. The number of fused-ring (bicyclic) bond motifs is 1. The predicted octanol–water partition coefficient (Wildman–Crippen LogP) is 2.23. The lowest BCUT2D eigenvalue weighted by molar-refractivity contribution is -0.119. The maximum Gasteiger partial charge on any atom is 0.346 e. The molecule has 1 aliphatic rings. The highest BCUT2D eigenvalue weighted by Gasteiger charge is 2.21. The summed E-state index contributed by atoms with van der Waals surface area (Å²) in [4.78, 5) is 24.4. The summed E-state index contributed by atoms with van der Waals surface area (Å²) in [6.07, 6.45) is 0. The average molecular weight is 359 g/mol. The molecule has 2 aromatic rings. The van der Waals surface area contributed by atoms with Crippen molar-refractivity contribution in [2.75, 3.05) is 32.9 Å². The monoisotopic (exact) mass is 359 g/mol. The molecule has 1 heterocycles. The second-order valence-corrected chi connectivity index (χ2v) is 5.23. The maximum atomic E-state index is 12.3. The van der Waals surface area contributed by atoms with Gasteiger partial charge in [-0.1, -0.05) is 6.07 Å². The Hall–Kier alpha value is -3.42. The normalized spacial score (nSPS) is 11.6. The van der Waals surface area contributed by atoms with E-state index in [2.05, 4.69) is 5.32 Å². The van der Waals surface area contributed by atoms with Crippen LogP contribution in [0, 0.1) is 0 Å². The standard InChI is InChI=1S/C18H17NO7/c1-22-13-4-3-5-14(23-2)17(13)18(21)24-9-16(20)19-11-6-7-12-15(8-11)26-10-25-12/h3-8H,9-10H2,1-2H3,(H,19,20). The van der Waals surface area contributed by atoms with Gasteiger partial charge in [-0.2, -0.15) is 0 Å². The molecule has 0 unspecified atom stereocenters. The Balaban J connectivity index is 1.62. The summed E-state index contributed by atoms with van der Waals surface area (Å²) in [6, 6.07) is 9.86. The van der Waals surface area contributed by atoms with Crippen LogP contribution in [0.2, 0.25) is 0 Å². The zero-order valence-electron chi connectivity index (χ0n) is 14.2. The van der Waals surface area contributed by atoms with Gasteiger partial charge in [-0.15, -0.1) is 0 Å². The van der Waals surface area contributed by atoms with Crippen molar-refractivity contribution in [3.05, 3.63) is 42.0 Å². The molecular formula is C18H17NO7. The van der Waals surface area contributed by atoms with E-state index in [0.717, 1.165) is 0 Å². The van der Waals surface area contributed by atoms with Crippen molar-refractivity contribution in [1.29, 1.82) is 0 Å². The molecule has 3 rings (SSSR count). The Bertz CT molecular complexity index is 812. The van der Waals surface area contributed by atoms with Crippen LogP contribution < -0.4 is 24.3 Å². The number of rotatable bonds is 6. The second kappa shape index (κ2) is 7.64. The predicted molar refractivity (Wildman–Crippen MR) is 91.0 cm³/mol.